The third-order valence-corrected chi connectivity index (χ3v) is 4.19. The van der Waals surface area contributed by atoms with Crippen LogP contribution in [0.4, 0.5) is 0 Å². The molecule has 0 amide bonds. The fraction of sp³-hybridized carbons (Fsp3) is 0.786. The maximum atomic E-state index is 4.44. The smallest absolute Gasteiger partial charge is 0.0596 e. The number of rotatable bonds is 3. The normalized spacial score (nSPS) is 29.5. The molecular formula is C14H25N3. The van der Waals surface area contributed by atoms with Crippen LogP contribution >= 0.6 is 0 Å². The number of hydrogen-bond acceptors (Lipinski definition) is 2. The van der Waals surface area contributed by atoms with E-state index in [0.29, 0.717) is 6.04 Å². The first-order valence-electron chi connectivity index (χ1n) is 6.77. The summed E-state index contributed by atoms with van der Waals surface area (Å²) in [6.45, 7) is 4.45. The van der Waals surface area contributed by atoms with Gasteiger partial charge in [0.1, 0.15) is 0 Å². The van der Waals surface area contributed by atoms with E-state index in [4.69, 9.17) is 0 Å². The molecule has 3 heteroatoms. The molecule has 1 fully saturated rings. The van der Waals surface area contributed by atoms with E-state index in [1.54, 1.807) is 0 Å². The molecule has 2 rings (SSSR count). The summed E-state index contributed by atoms with van der Waals surface area (Å²) >= 11 is 0. The van der Waals surface area contributed by atoms with Crippen molar-refractivity contribution in [3.05, 3.63) is 17.5 Å². The lowest BCUT2D eigenvalue weighted by molar-refractivity contribution is 0.217. The molecule has 1 N–H and O–H groups in total. The minimum atomic E-state index is 0.682. The van der Waals surface area contributed by atoms with Gasteiger partial charge in [0.25, 0.3) is 0 Å². The molecular weight excluding hydrogens is 210 g/mol. The van der Waals surface area contributed by atoms with Crippen molar-refractivity contribution in [2.24, 2.45) is 18.9 Å². The molecule has 17 heavy (non-hydrogen) atoms. The predicted octanol–water partition coefficient (Wildman–Crippen LogP) is 2.30. The molecule has 0 radical (unpaired) electrons. The molecule has 3 nitrogen and oxygen atoms in total. The number of nitrogens with one attached hydrogen (secondary N) is 1. The summed E-state index contributed by atoms with van der Waals surface area (Å²) in [5, 5.41) is 7.93. The van der Waals surface area contributed by atoms with Crippen molar-refractivity contribution in [2.45, 2.75) is 45.6 Å². The minimum absolute atomic E-state index is 0.682. The van der Waals surface area contributed by atoms with E-state index in [0.717, 1.165) is 24.0 Å². The summed E-state index contributed by atoms with van der Waals surface area (Å²) in [6.07, 6.45) is 5.19. The van der Waals surface area contributed by atoms with Crippen molar-refractivity contribution in [3.63, 3.8) is 0 Å². The van der Waals surface area contributed by atoms with E-state index < -0.39 is 0 Å². The number of aromatic nitrogens is 2. The van der Waals surface area contributed by atoms with E-state index in [1.807, 2.05) is 4.68 Å². The maximum absolute atomic E-state index is 4.44. The Bertz CT molecular complexity index is 370. The van der Waals surface area contributed by atoms with Crippen LogP contribution in [0.3, 0.4) is 0 Å². The number of nitrogens with zero attached hydrogens (tertiary/aromatic N) is 2. The topological polar surface area (TPSA) is 29.9 Å². The summed E-state index contributed by atoms with van der Waals surface area (Å²) < 4.78 is 2.04. The van der Waals surface area contributed by atoms with E-state index in [-0.39, 0.29) is 0 Å². The zero-order valence-corrected chi connectivity index (χ0v) is 11.5. The summed E-state index contributed by atoms with van der Waals surface area (Å²) in [4.78, 5) is 0. The highest BCUT2D eigenvalue weighted by molar-refractivity contribution is 5.10. The highest BCUT2D eigenvalue weighted by Gasteiger charge is 2.28. The molecule has 1 aliphatic carbocycles. The van der Waals surface area contributed by atoms with Crippen molar-refractivity contribution in [3.8, 4) is 0 Å². The molecule has 3 unspecified atom stereocenters. The first kappa shape index (κ1) is 12.6. The van der Waals surface area contributed by atoms with Crippen LogP contribution in [0.2, 0.25) is 0 Å². The van der Waals surface area contributed by atoms with Gasteiger partial charge in [0.2, 0.25) is 0 Å². The van der Waals surface area contributed by atoms with Gasteiger partial charge in [-0.05, 0) is 57.6 Å². The molecule has 1 aliphatic rings. The van der Waals surface area contributed by atoms with Crippen molar-refractivity contribution >= 4 is 0 Å². The maximum Gasteiger partial charge on any atom is 0.0596 e. The second-order valence-electron chi connectivity index (χ2n) is 5.68. The molecule has 1 saturated carbocycles. The Morgan fingerprint density at radius 3 is 2.82 bits per heavy atom. The van der Waals surface area contributed by atoms with Gasteiger partial charge in [-0.2, -0.15) is 5.10 Å². The lowest BCUT2D eigenvalue weighted by atomic mass is 9.76. The van der Waals surface area contributed by atoms with Crippen LogP contribution in [-0.2, 0) is 13.5 Å². The Labute approximate surface area is 105 Å². The second-order valence-corrected chi connectivity index (χ2v) is 5.68. The van der Waals surface area contributed by atoms with E-state index in [1.165, 1.54) is 25.0 Å². The molecule has 1 aromatic rings. The van der Waals surface area contributed by atoms with Crippen LogP contribution < -0.4 is 5.32 Å². The summed E-state index contributed by atoms with van der Waals surface area (Å²) in [5.41, 5.74) is 2.51. The Hall–Kier alpha value is -0.830. The van der Waals surface area contributed by atoms with E-state index in [2.05, 4.69) is 44.4 Å². The molecule has 0 bridgehead atoms. The lowest BCUT2D eigenvalue weighted by Crippen LogP contribution is -2.39. The Morgan fingerprint density at radius 1 is 1.47 bits per heavy atom. The first-order valence-corrected chi connectivity index (χ1v) is 6.77. The Morgan fingerprint density at radius 2 is 2.24 bits per heavy atom. The molecule has 0 aliphatic heterocycles. The molecule has 1 heterocycles. The third-order valence-electron chi connectivity index (χ3n) is 4.19. The lowest BCUT2D eigenvalue weighted by Gasteiger charge is -2.34. The fourth-order valence-corrected chi connectivity index (χ4v) is 3.23. The molecule has 1 aromatic heterocycles. The van der Waals surface area contributed by atoms with Crippen LogP contribution in [0.1, 0.15) is 37.6 Å². The molecule has 0 spiro atoms. The quantitative estimate of drug-likeness (QED) is 0.871. The Kier molecular flexibility index (Phi) is 3.87. The van der Waals surface area contributed by atoms with Gasteiger partial charge in [-0.1, -0.05) is 6.92 Å². The van der Waals surface area contributed by atoms with Crippen molar-refractivity contribution in [2.75, 3.05) is 7.05 Å². The zero-order valence-electron chi connectivity index (χ0n) is 11.5. The largest absolute Gasteiger partial charge is 0.317 e. The van der Waals surface area contributed by atoms with Crippen LogP contribution in [0.5, 0.6) is 0 Å². The summed E-state index contributed by atoms with van der Waals surface area (Å²) in [6, 6.07) is 2.91. The van der Waals surface area contributed by atoms with Gasteiger partial charge in [-0.25, -0.2) is 0 Å². The molecule has 3 atom stereocenters. The Balaban J connectivity index is 2.07. The summed E-state index contributed by atoms with van der Waals surface area (Å²) in [5.74, 6) is 1.64. The van der Waals surface area contributed by atoms with Gasteiger partial charge < -0.3 is 5.32 Å². The van der Waals surface area contributed by atoms with Gasteiger partial charge in [0.05, 0.1) is 5.69 Å². The number of hydrogen-bond donors (Lipinski definition) is 1. The highest BCUT2D eigenvalue weighted by atomic mass is 15.3. The van der Waals surface area contributed by atoms with Gasteiger partial charge in [0, 0.05) is 18.8 Å². The van der Waals surface area contributed by atoms with Crippen molar-refractivity contribution in [1.29, 1.82) is 0 Å². The highest BCUT2D eigenvalue weighted by Crippen LogP contribution is 2.31. The van der Waals surface area contributed by atoms with Crippen LogP contribution in [0, 0.1) is 18.8 Å². The van der Waals surface area contributed by atoms with Crippen LogP contribution in [-0.4, -0.2) is 22.9 Å². The second kappa shape index (κ2) is 5.21. The molecule has 96 valence electrons. The fourth-order valence-electron chi connectivity index (χ4n) is 3.23. The van der Waals surface area contributed by atoms with Gasteiger partial charge in [-0.15, -0.1) is 0 Å². The van der Waals surface area contributed by atoms with Gasteiger partial charge >= 0.3 is 0 Å². The average molecular weight is 235 g/mol. The van der Waals surface area contributed by atoms with Gasteiger partial charge in [-0.3, -0.25) is 4.68 Å². The predicted molar refractivity (Wildman–Crippen MR) is 71.0 cm³/mol. The van der Waals surface area contributed by atoms with Crippen LogP contribution in [0.25, 0.3) is 0 Å². The van der Waals surface area contributed by atoms with Crippen molar-refractivity contribution < 1.29 is 0 Å². The SMILES string of the molecule is CNC1CCC(C)CC1Cc1cc(C)nn1C. The molecule has 0 saturated heterocycles. The monoisotopic (exact) mass is 235 g/mol. The first-order chi connectivity index (χ1) is 8.10. The van der Waals surface area contributed by atoms with Gasteiger partial charge in [0.15, 0.2) is 0 Å². The standard InChI is InChI=1S/C14H25N3/c1-10-5-6-14(15-3)12(7-10)9-13-8-11(2)16-17(13)4/h8,10,12,14-15H,5-7,9H2,1-4H3. The van der Waals surface area contributed by atoms with E-state index >= 15 is 0 Å². The average Bonchev–Trinajstić information content (AvgIpc) is 2.58. The zero-order chi connectivity index (χ0) is 12.4. The third kappa shape index (κ3) is 2.89. The van der Waals surface area contributed by atoms with E-state index in [9.17, 15) is 0 Å². The number of aryl methyl sites for hydroxylation is 2. The minimum Gasteiger partial charge on any atom is -0.317 e. The van der Waals surface area contributed by atoms with Crippen LogP contribution in [0.15, 0.2) is 6.07 Å². The van der Waals surface area contributed by atoms with Crippen molar-refractivity contribution in [1.82, 2.24) is 15.1 Å². The molecule has 0 aromatic carbocycles. The summed E-state index contributed by atoms with van der Waals surface area (Å²) in [7, 11) is 4.16.